The zero-order valence-corrected chi connectivity index (χ0v) is 10.1. The summed E-state index contributed by atoms with van der Waals surface area (Å²) < 4.78 is 5.57. The van der Waals surface area contributed by atoms with E-state index >= 15 is 0 Å². The van der Waals surface area contributed by atoms with Crippen LogP contribution in [0.15, 0.2) is 0 Å². The van der Waals surface area contributed by atoms with E-state index in [1.165, 1.54) is 6.42 Å². The first-order chi connectivity index (χ1) is 7.24. The number of nitrogens with zero attached hydrogens (tertiary/aromatic N) is 1. The van der Waals surface area contributed by atoms with Crippen LogP contribution in [0.5, 0.6) is 0 Å². The van der Waals surface area contributed by atoms with E-state index in [0.717, 1.165) is 25.9 Å². The topological polar surface area (TPSA) is 29.5 Å². The van der Waals surface area contributed by atoms with Crippen molar-refractivity contribution in [1.82, 2.24) is 4.90 Å². The van der Waals surface area contributed by atoms with Gasteiger partial charge in [-0.1, -0.05) is 0 Å². The molecule has 0 radical (unpaired) electrons. The molecule has 0 saturated carbocycles. The van der Waals surface area contributed by atoms with Crippen LogP contribution in [0.3, 0.4) is 0 Å². The van der Waals surface area contributed by atoms with E-state index in [1.807, 2.05) is 0 Å². The van der Waals surface area contributed by atoms with Gasteiger partial charge < -0.3 is 9.64 Å². The Morgan fingerprint density at radius 1 is 1.53 bits per heavy atom. The van der Waals surface area contributed by atoms with E-state index in [9.17, 15) is 4.79 Å². The minimum atomic E-state index is 0.171. The second kappa shape index (κ2) is 7.07. The zero-order chi connectivity index (χ0) is 11.1. The first-order valence-electron chi connectivity index (χ1n) is 5.65. The summed E-state index contributed by atoms with van der Waals surface area (Å²) in [5.41, 5.74) is 0. The maximum atomic E-state index is 11.6. The highest BCUT2D eigenvalue weighted by molar-refractivity contribution is 6.18. The Kier molecular flexibility index (Phi) is 6.03. The Morgan fingerprint density at radius 2 is 2.33 bits per heavy atom. The van der Waals surface area contributed by atoms with E-state index < -0.39 is 0 Å². The Labute approximate surface area is 96.7 Å². The van der Waals surface area contributed by atoms with Gasteiger partial charge in [0.1, 0.15) is 0 Å². The van der Waals surface area contributed by atoms with Gasteiger partial charge in [0.15, 0.2) is 0 Å². The van der Waals surface area contributed by atoms with Gasteiger partial charge in [0.05, 0.1) is 6.10 Å². The molecule has 0 bridgehead atoms. The monoisotopic (exact) mass is 233 g/mol. The number of hydrogen-bond donors (Lipinski definition) is 0. The number of amides is 1. The van der Waals surface area contributed by atoms with E-state index in [1.54, 1.807) is 11.9 Å². The van der Waals surface area contributed by atoms with Gasteiger partial charge in [-0.15, -0.1) is 11.6 Å². The van der Waals surface area contributed by atoms with E-state index in [-0.39, 0.29) is 5.91 Å². The van der Waals surface area contributed by atoms with Crippen LogP contribution in [-0.4, -0.2) is 43.0 Å². The molecule has 15 heavy (non-hydrogen) atoms. The molecule has 88 valence electrons. The molecule has 1 rings (SSSR count). The molecule has 1 heterocycles. The highest BCUT2D eigenvalue weighted by atomic mass is 35.5. The maximum Gasteiger partial charge on any atom is 0.222 e. The quantitative estimate of drug-likeness (QED) is 0.680. The van der Waals surface area contributed by atoms with Gasteiger partial charge in [-0.25, -0.2) is 0 Å². The number of rotatable bonds is 5. The molecule has 1 unspecified atom stereocenters. The molecule has 0 spiro atoms. The fraction of sp³-hybridized carbons (Fsp3) is 0.909. The van der Waals surface area contributed by atoms with Crippen molar-refractivity contribution in [3.8, 4) is 0 Å². The molecule has 1 aliphatic heterocycles. The molecule has 1 fully saturated rings. The number of carbonyl (C=O) groups is 1. The number of hydrogen-bond acceptors (Lipinski definition) is 2. The molecule has 0 aromatic rings. The fourth-order valence-electron chi connectivity index (χ4n) is 1.76. The lowest BCUT2D eigenvalue weighted by atomic mass is 10.0. The lowest BCUT2D eigenvalue weighted by molar-refractivity contribution is -0.130. The van der Waals surface area contributed by atoms with Gasteiger partial charge in [0.25, 0.3) is 0 Å². The minimum absolute atomic E-state index is 0.171. The third kappa shape index (κ3) is 4.85. The molecule has 0 N–H and O–H groups in total. The third-order valence-corrected chi connectivity index (χ3v) is 2.97. The summed E-state index contributed by atoms with van der Waals surface area (Å²) in [6.07, 6.45) is 5.23. The Balaban J connectivity index is 2.14. The molecular formula is C11H20ClNO2. The zero-order valence-electron chi connectivity index (χ0n) is 9.38. The minimum Gasteiger partial charge on any atom is -0.378 e. The predicted molar refractivity (Wildman–Crippen MR) is 61.2 cm³/mol. The van der Waals surface area contributed by atoms with Gasteiger partial charge in [0, 0.05) is 32.5 Å². The molecule has 4 heteroatoms. The van der Waals surface area contributed by atoms with Crippen molar-refractivity contribution in [2.45, 2.75) is 38.2 Å². The smallest absolute Gasteiger partial charge is 0.222 e. The Bertz CT molecular complexity index is 193. The maximum absolute atomic E-state index is 11.6. The standard InChI is InChI=1S/C11H20ClNO2/c1-13(8-7-12)11(14)6-5-10-4-2-3-9-15-10/h10H,2-9H2,1H3. The van der Waals surface area contributed by atoms with E-state index in [2.05, 4.69) is 0 Å². The highest BCUT2D eigenvalue weighted by Crippen LogP contribution is 2.17. The lowest BCUT2D eigenvalue weighted by Crippen LogP contribution is -2.30. The van der Waals surface area contributed by atoms with E-state index in [0.29, 0.717) is 24.9 Å². The molecular weight excluding hydrogens is 214 g/mol. The van der Waals surface area contributed by atoms with Crippen molar-refractivity contribution in [3.63, 3.8) is 0 Å². The normalized spacial score (nSPS) is 21.3. The van der Waals surface area contributed by atoms with Crippen LogP contribution in [0.25, 0.3) is 0 Å². The molecule has 0 aromatic carbocycles. The molecule has 3 nitrogen and oxygen atoms in total. The summed E-state index contributed by atoms with van der Waals surface area (Å²) in [5.74, 6) is 0.673. The van der Waals surface area contributed by atoms with Crippen LogP contribution in [0.4, 0.5) is 0 Å². The molecule has 1 amide bonds. The molecule has 0 aliphatic carbocycles. The van der Waals surface area contributed by atoms with Gasteiger partial charge in [-0.3, -0.25) is 4.79 Å². The largest absolute Gasteiger partial charge is 0.378 e. The van der Waals surface area contributed by atoms with Crippen LogP contribution >= 0.6 is 11.6 Å². The Morgan fingerprint density at radius 3 is 2.93 bits per heavy atom. The summed E-state index contributed by atoms with van der Waals surface area (Å²) in [5, 5.41) is 0. The summed E-state index contributed by atoms with van der Waals surface area (Å²) in [7, 11) is 1.80. The predicted octanol–water partition coefficient (Wildman–Crippen LogP) is 2.03. The van der Waals surface area contributed by atoms with E-state index in [4.69, 9.17) is 16.3 Å². The van der Waals surface area contributed by atoms with Gasteiger partial charge in [-0.2, -0.15) is 0 Å². The lowest BCUT2D eigenvalue weighted by Gasteiger charge is -2.23. The SMILES string of the molecule is CN(CCCl)C(=O)CCC1CCCCO1. The van der Waals surface area contributed by atoms with Crippen molar-refractivity contribution < 1.29 is 9.53 Å². The Hall–Kier alpha value is -0.280. The van der Waals surface area contributed by atoms with Crippen molar-refractivity contribution in [1.29, 1.82) is 0 Å². The average Bonchev–Trinajstić information content (AvgIpc) is 2.27. The van der Waals surface area contributed by atoms with Crippen LogP contribution in [0, 0.1) is 0 Å². The third-order valence-electron chi connectivity index (χ3n) is 2.80. The molecule has 1 saturated heterocycles. The number of carbonyl (C=O) groups excluding carboxylic acids is 1. The van der Waals surface area contributed by atoms with Crippen molar-refractivity contribution >= 4 is 17.5 Å². The molecule has 1 atom stereocenters. The second-order valence-electron chi connectivity index (χ2n) is 4.03. The first kappa shape index (κ1) is 12.8. The summed E-state index contributed by atoms with van der Waals surface area (Å²) in [6, 6.07) is 0. The van der Waals surface area contributed by atoms with Crippen molar-refractivity contribution in [2.75, 3.05) is 26.1 Å². The second-order valence-corrected chi connectivity index (χ2v) is 4.41. The molecule has 0 aromatic heterocycles. The van der Waals surface area contributed by atoms with Gasteiger partial charge in [-0.05, 0) is 25.7 Å². The van der Waals surface area contributed by atoms with Crippen LogP contribution in [0.2, 0.25) is 0 Å². The summed E-state index contributed by atoms with van der Waals surface area (Å²) >= 11 is 5.57. The summed E-state index contributed by atoms with van der Waals surface area (Å²) in [4.78, 5) is 13.3. The van der Waals surface area contributed by atoms with Crippen molar-refractivity contribution in [2.24, 2.45) is 0 Å². The highest BCUT2D eigenvalue weighted by Gasteiger charge is 2.16. The van der Waals surface area contributed by atoms with Crippen LogP contribution in [0.1, 0.15) is 32.1 Å². The average molecular weight is 234 g/mol. The van der Waals surface area contributed by atoms with Crippen molar-refractivity contribution in [3.05, 3.63) is 0 Å². The van der Waals surface area contributed by atoms with Crippen LogP contribution in [-0.2, 0) is 9.53 Å². The number of ether oxygens (including phenoxy) is 1. The fourth-order valence-corrected chi connectivity index (χ4v) is 2.02. The first-order valence-corrected chi connectivity index (χ1v) is 6.19. The molecule has 1 aliphatic rings. The van der Waals surface area contributed by atoms with Gasteiger partial charge in [0.2, 0.25) is 5.91 Å². The summed E-state index contributed by atoms with van der Waals surface area (Å²) in [6.45, 7) is 1.49. The van der Waals surface area contributed by atoms with Gasteiger partial charge >= 0.3 is 0 Å². The number of halogens is 1. The number of alkyl halides is 1. The van der Waals surface area contributed by atoms with Crippen LogP contribution < -0.4 is 0 Å².